The highest BCUT2D eigenvalue weighted by molar-refractivity contribution is 5.26. The maximum atomic E-state index is 11.9. The van der Waals surface area contributed by atoms with Crippen molar-refractivity contribution in [1.82, 2.24) is 0 Å². The van der Waals surface area contributed by atoms with Gasteiger partial charge in [0.25, 0.3) is 0 Å². The number of allylic oxidation sites excluding steroid dienone is 1. The zero-order valence-electron chi connectivity index (χ0n) is 35.6. The quantitative estimate of drug-likeness (QED) is 0.166. The van der Waals surface area contributed by atoms with Crippen LogP contribution in [0.3, 0.4) is 0 Å². The first kappa shape index (κ1) is 44.3. The lowest BCUT2D eigenvalue weighted by molar-refractivity contribution is -0.385. The van der Waals surface area contributed by atoms with Crippen LogP contribution >= 0.6 is 0 Å². The largest absolute Gasteiger partial charge is 0.394 e. The van der Waals surface area contributed by atoms with Crippen LogP contribution < -0.4 is 0 Å². The monoisotopic (exact) mass is 854 g/mol. The Morgan fingerprint density at radius 2 is 1.48 bits per heavy atom. The summed E-state index contributed by atoms with van der Waals surface area (Å²) in [6, 6.07) is 0. The van der Waals surface area contributed by atoms with E-state index in [-0.39, 0.29) is 29.6 Å². The van der Waals surface area contributed by atoms with Gasteiger partial charge >= 0.3 is 0 Å². The van der Waals surface area contributed by atoms with E-state index in [9.17, 15) is 40.9 Å². The Hall–Kier alpha value is -0.900. The SMILES string of the molecule is C[C@@H]1CC[C@@]2(OC1)OC1CC3C4CC=C5C[C@@H](O[C@@H]6O[C@H](CO)[C@@H](O[C@@H]7OC[C@H](O)[C@H](O)[C@H]7O)[C@H](O)[C@H]6O[C@@H]6O[C@@H](C)[C@H](O)[C@@H](O)[C@H]6O)CC[C@]5(C)C4CC[C@]3(C)C1[C@@H]2C. The van der Waals surface area contributed by atoms with Gasteiger partial charge in [-0.15, -0.1) is 0 Å². The van der Waals surface area contributed by atoms with Crippen molar-refractivity contribution in [2.75, 3.05) is 19.8 Å². The first-order chi connectivity index (χ1) is 28.5. The summed E-state index contributed by atoms with van der Waals surface area (Å²) in [7, 11) is 0. The predicted octanol–water partition coefficient (Wildman–Crippen LogP) is 0.853. The minimum Gasteiger partial charge on any atom is -0.394 e. The van der Waals surface area contributed by atoms with Crippen LogP contribution in [-0.4, -0.2) is 165 Å². The summed E-state index contributed by atoms with van der Waals surface area (Å²) in [6.45, 7) is 10.9. The minimum atomic E-state index is -1.70. The molecule has 16 nitrogen and oxygen atoms in total. The minimum absolute atomic E-state index is 0.0142. The number of rotatable bonds is 7. The maximum Gasteiger partial charge on any atom is 0.187 e. The molecule has 5 aliphatic heterocycles. The van der Waals surface area contributed by atoms with E-state index in [1.807, 2.05) is 0 Å². The molecule has 0 radical (unpaired) electrons. The molecule has 342 valence electrons. The zero-order chi connectivity index (χ0) is 42.6. The van der Waals surface area contributed by atoms with Crippen LogP contribution in [0.4, 0.5) is 0 Å². The Kier molecular flexibility index (Phi) is 12.2. The van der Waals surface area contributed by atoms with E-state index >= 15 is 0 Å². The molecule has 25 atom stereocenters. The van der Waals surface area contributed by atoms with Crippen LogP contribution in [0.15, 0.2) is 11.6 Å². The van der Waals surface area contributed by atoms with E-state index in [0.717, 1.165) is 45.1 Å². The Bertz CT molecular complexity index is 1560. The molecule has 0 aromatic heterocycles. The number of aliphatic hydroxyl groups is 8. The molecule has 0 aromatic carbocycles. The summed E-state index contributed by atoms with van der Waals surface area (Å²) in [5.74, 6) is 2.65. The molecule has 5 unspecified atom stereocenters. The summed E-state index contributed by atoms with van der Waals surface area (Å²) in [4.78, 5) is 0. The second-order valence-electron chi connectivity index (χ2n) is 20.6. The number of aliphatic hydroxyl groups excluding tert-OH is 8. The molecular weight excluding hydrogens is 784 g/mol. The van der Waals surface area contributed by atoms with Crippen LogP contribution in [0.1, 0.15) is 92.4 Å². The van der Waals surface area contributed by atoms with Gasteiger partial charge in [-0.2, -0.15) is 0 Å². The second kappa shape index (κ2) is 16.5. The Morgan fingerprint density at radius 3 is 2.22 bits per heavy atom. The van der Waals surface area contributed by atoms with Crippen molar-refractivity contribution in [3.63, 3.8) is 0 Å². The van der Waals surface area contributed by atoms with Gasteiger partial charge in [0.2, 0.25) is 0 Å². The topological polar surface area (TPSA) is 236 Å². The molecule has 8 fully saturated rings. The van der Waals surface area contributed by atoms with Crippen molar-refractivity contribution >= 4 is 0 Å². The summed E-state index contributed by atoms with van der Waals surface area (Å²) < 4.78 is 49.8. The van der Waals surface area contributed by atoms with Gasteiger partial charge in [-0.25, -0.2) is 0 Å². The first-order valence-corrected chi connectivity index (χ1v) is 22.8. The fourth-order valence-electron chi connectivity index (χ4n) is 13.7. The summed E-state index contributed by atoms with van der Waals surface area (Å²) in [6.07, 6.45) is -9.25. The Balaban J connectivity index is 0.913. The Labute approximate surface area is 352 Å². The lowest BCUT2D eigenvalue weighted by Gasteiger charge is -2.58. The fourth-order valence-corrected chi connectivity index (χ4v) is 13.7. The molecule has 8 N–H and O–H groups in total. The van der Waals surface area contributed by atoms with Crippen LogP contribution in [0, 0.1) is 46.3 Å². The zero-order valence-corrected chi connectivity index (χ0v) is 35.6. The molecule has 5 saturated heterocycles. The van der Waals surface area contributed by atoms with Crippen molar-refractivity contribution in [1.29, 1.82) is 0 Å². The molecule has 4 aliphatic carbocycles. The van der Waals surface area contributed by atoms with Crippen LogP contribution in [0.2, 0.25) is 0 Å². The molecule has 0 aromatic rings. The second-order valence-corrected chi connectivity index (χ2v) is 20.6. The molecule has 16 heteroatoms. The lowest BCUT2D eigenvalue weighted by atomic mass is 9.47. The lowest BCUT2D eigenvalue weighted by Crippen LogP contribution is -2.66. The predicted molar refractivity (Wildman–Crippen MR) is 208 cm³/mol. The number of hydrogen-bond donors (Lipinski definition) is 8. The molecule has 9 aliphatic rings. The van der Waals surface area contributed by atoms with Crippen molar-refractivity contribution in [2.45, 2.75) is 196 Å². The molecular formula is C44H70O16. The summed E-state index contributed by atoms with van der Waals surface area (Å²) in [5, 5.41) is 85.1. The van der Waals surface area contributed by atoms with Gasteiger partial charge in [0.1, 0.15) is 61.0 Å². The summed E-state index contributed by atoms with van der Waals surface area (Å²) in [5.41, 5.74) is 1.54. The van der Waals surface area contributed by atoms with E-state index in [1.165, 1.54) is 18.9 Å². The highest BCUT2D eigenvalue weighted by Gasteiger charge is 2.69. The van der Waals surface area contributed by atoms with Gasteiger partial charge in [-0.05, 0) is 98.7 Å². The molecule has 0 amide bonds. The van der Waals surface area contributed by atoms with Gasteiger partial charge in [-0.3, -0.25) is 0 Å². The molecule has 0 bridgehead atoms. The van der Waals surface area contributed by atoms with Gasteiger partial charge in [-0.1, -0.05) is 39.3 Å². The van der Waals surface area contributed by atoms with Crippen molar-refractivity contribution in [3.05, 3.63) is 11.6 Å². The van der Waals surface area contributed by atoms with Gasteiger partial charge in [0, 0.05) is 12.3 Å². The van der Waals surface area contributed by atoms with Crippen LogP contribution in [0.5, 0.6) is 0 Å². The smallest absolute Gasteiger partial charge is 0.187 e. The highest BCUT2D eigenvalue weighted by atomic mass is 16.8. The summed E-state index contributed by atoms with van der Waals surface area (Å²) >= 11 is 0. The van der Waals surface area contributed by atoms with Crippen LogP contribution in [0.25, 0.3) is 0 Å². The highest BCUT2D eigenvalue weighted by Crippen LogP contribution is 2.70. The third-order valence-corrected chi connectivity index (χ3v) is 17.3. The van der Waals surface area contributed by atoms with Crippen molar-refractivity contribution in [3.8, 4) is 0 Å². The van der Waals surface area contributed by atoms with E-state index < -0.39 is 98.4 Å². The molecule has 9 rings (SSSR count). The van der Waals surface area contributed by atoms with Crippen molar-refractivity contribution in [2.24, 2.45) is 46.3 Å². The number of fused-ring (bicyclic) bond motifs is 7. The first-order valence-electron chi connectivity index (χ1n) is 22.8. The third kappa shape index (κ3) is 7.19. The molecule has 60 heavy (non-hydrogen) atoms. The number of hydrogen-bond acceptors (Lipinski definition) is 16. The average Bonchev–Trinajstić information content (AvgIpc) is 3.68. The fraction of sp³-hybridized carbons (Fsp3) is 0.955. The molecule has 5 heterocycles. The normalized spacial score (nSPS) is 57.9. The standard InChI is InChI=1S/C44H70O16/c1-19-8-13-44(54-17-19)20(2)30-28(60-44)15-26-24-7-6-22-14-23(9-11-42(22,4)25(24)10-12-43(26,30)5)56-41-38(59-40-35(51)33(49)31(47)21(3)55-40)36(52)37(29(16-45)57-41)58-39-34(50)32(48)27(46)18-53-39/h6,19-21,23-41,45-52H,7-18H2,1-5H3/t19-,20+,21+,23+,24?,25?,26?,27+,28?,29-,30?,31+,32+,33-,34-,35-,36+,37-,38-,39+,40+,41-,42+,43+,44-/m1/s1. The van der Waals surface area contributed by atoms with E-state index in [1.54, 1.807) is 0 Å². The van der Waals surface area contributed by atoms with Crippen LogP contribution in [-0.2, 0) is 37.9 Å². The maximum absolute atomic E-state index is 11.9. The van der Waals surface area contributed by atoms with E-state index in [0.29, 0.717) is 48.3 Å². The average molecular weight is 855 g/mol. The van der Waals surface area contributed by atoms with Gasteiger partial charge in [0.15, 0.2) is 24.7 Å². The van der Waals surface area contributed by atoms with Crippen molar-refractivity contribution < 1.29 is 78.7 Å². The Morgan fingerprint density at radius 1 is 0.733 bits per heavy atom. The van der Waals surface area contributed by atoms with E-state index in [4.69, 9.17) is 37.9 Å². The third-order valence-electron chi connectivity index (χ3n) is 17.3. The molecule has 3 saturated carbocycles. The van der Waals surface area contributed by atoms with Gasteiger partial charge < -0.3 is 78.7 Å². The van der Waals surface area contributed by atoms with Gasteiger partial charge in [0.05, 0.1) is 38.1 Å². The molecule has 1 spiro atoms. The number of ether oxygens (including phenoxy) is 8. The van der Waals surface area contributed by atoms with E-state index in [2.05, 4.69) is 33.8 Å².